The van der Waals surface area contributed by atoms with Crippen molar-refractivity contribution in [3.63, 3.8) is 0 Å². The predicted octanol–water partition coefficient (Wildman–Crippen LogP) is 3.47. The summed E-state index contributed by atoms with van der Waals surface area (Å²) in [7, 11) is 0. The molecule has 8 heteroatoms. The van der Waals surface area contributed by atoms with Crippen LogP contribution in [0.2, 0.25) is 0 Å². The molecule has 0 radical (unpaired) electrons. The second-order valence-electron chi connectivity index (χ2n) is 6.65. The van der Waals surface area contributed by atoms with Crippen molar-refractivity contribution < 1.29 is 28.3 Å². The Balaban J connectivity index is 2.01. The number of benzene rings is 1. The summed E-state index contributed by atoms with van der Waals surface area (Å²) < 4.78 is 16.7. The van der Waals surface area contributed by atoms with Gasteiger partial charge in [-0.25, -0.2) is 4.79 Å². The summed E-state index contributed by atoms with van der Waals surface area (Å²) in [6, 6.07) is 6.00. The highest BCUT2D eigenvalue weighted by Gasteiger charge is 2.36. The number of imide groups is 2. The molecule has 0 unspecified atom stereocenters. The molecule has 31 heavy (non-hydrogen) atoms. The van der Waals surface area contributed by atoms with Gasteiger partial charge in [0.05, 0.1) is 26.0 Å². The number of nitrogens with one attached hydrogen (secondary N) is 1. The minimum atomic E-state index is -0.794. The van der Waals surface area contributed by atoms with Crippen molar-refractivity contribution in [2.24, 2.45) is 0 Å². The zero-order valence-corrected chi connectivity index (χ0v) is 17.5. The maximum absolute atomic E-state index is 12.9. The van der Waals surface area contributed by atoms with Crippen LogP contribution in [-0.4, -0.2) is 36.0 Å². The first-order valence-corrected chi connectivity index (χ1v) is 9.93. The molecular weight excluding hydrogens is 400 g/mol. The molecular formula is C23H24N2O6. The number of amides is 4. The molecule has 0 atom stereocenters. The van der Waals surface area contributed by atoms with Gasteiger partial charge in [0.2, 0.25) is 0 Å². The van der Waals surface area contributed by atoms with Crippen molar-refractivity contribution in [1.29, 1.82) is 0 Å². The van der Waals surface area contributed by atoms with E-state index in [1.165, 1.54) is 12.3 Å². The summed E-state index contributed by atoms with van der Waals surface area (Å²) in [5.74, 6) is 0.0541. The summed E-state index contributed by atoms with van der Waals surface area (Å²) in [4.78, 5) is 38.5. The van der Waals surface area contributed by atoms with Crippen molar-refractivity contribution in [3.8, 4) is 11.5 Å². The van der Waals surface area contributed by atoms with Crippen LogP contribution in [0.4, 0.5) is 4.79 Å². The van der Waals surface area contributed by atoms with Crippen LogP contribution in [-0.2, 0) is 22.6 Å². The second-order valence-corrected chi connectivity index (χ2v) is 6.65. The van der Waals surface area contributed by atoms with Gasteiger partial charge in [-0.2, -0.15) is 0 Å². The molecule has 0 spiro atoms. The molecule has 0 saturated carbocycles. The average Bonchev–Trinajstić information content (AvgIpc) is 3.24. The van der Waals surface area contributed by atoms with E-state index >= 15 is 0 Å². The number of allylic oxidation sites excluding steroid dienone is 1. The molecule has 2 heterocycles. The fraction of sp³-hybridized carbons (Fsp3) is 0.261. The molecule has 4 amide bonds. The van der Waals surface area contributed by atoms with Gasteiger partial charge in [-0.05, 0) is 56.2 Å². The Morgan fingerprint density at radius 1 is 1.16 bits per heavy atom. The maximum Gasteiger partial charge on any atom is 0.331 e. The molecule has 1 aromatic carbocycles. The lowest BCUT2D eigenvalue weighted by Crippen LogP contribution is -2.53. The van der Waals surface area contributed by atoms with Gasteiger partial charge in [0, 0.05) is 5.56 Å². The molecule has 3 rings (SSSR count). The largest absolute Gasteiger partial charge is 0.490 e. The van der Waals surface area contributed by atoms with Gasteiger partial charge in [-0.1, -0.05) is 6.08 Å². The number of rotatable bonds is 9. The Morgan fingerprint density at radius 2 is 1.94 bits per heavy atom. The summed E-state index contributed by atoms with van der Waals surface area (Å²) in [5.41, 5.74) is 1.21. The molecule has 1 aromatic heterocycles. The molecule has 2 aromatic rings. The molecule has 1 fully saturated rings. The lowest BCUT2D eigenvalue weighted by atomic mass is 10.0. The zero-order chi connectivity index (χ0) is 22.4. The SMILES string of the molecule is C=CCc1cc(C=C2C(=O)NC(=O)N(Cc3ccco3)C2=O)cc(OCC)c1OCC. The van der Waals surface area contributed by atoms with E-state index in [4.69, 9.17) is 13.9 Å². The van der Waals surface area contributed by atoms with Crippen molar-refractivity contribution in [3.05, 3.63) is 65.6 Å². The van der Waals surface area contributed by atoms with Crippen LogP contribution < -0.4 is 14.8 Å². The van der Waals surface area contributed by atoms with Gasteiger partial charge >= 0.3 is 6.03 Å². The lowest BCUT2D eigenvalue weighted by molar-refractivity contribution is -0.130. The normalized spacial score (nSPS) is 15.2. The Hall–Kier alpha value is -3.81. The van der Waals surface area contributed by atoms with Crippen LogP contribution in [0.25, 0.3) is 6.08 Å². The predicted molar refractivity (Wildman–Crippen MR) is 113 cm³/mol. The number of carbonyl (C=O) groups is 3. The third-order valence-corrected chi connectivity index (χ3v) is 4.50. The molecule has 0 bridgehead atoms. The van der Waals surface area contributed by atoms with Crippen molar-refractivity contribution in [2.75, 3.05) is 13.2 Å². The number of furan rings is 1. The first-order valence-electron chi connectivity index (χ1n) is 9.93. The smallest absolute Gasteiger partial charge is 0.331 e. The Kier molecular flexibility index (Phi) is 6.92. The first kappa shape index (κ1) is 21.9. The molecule has 1 aliphatic rings. The van der Waals surface area contributed by atoms with Crippen LogP contribution in [0.1, 0.15) is 30.7 Å². The third-order valence-electron chi connectivity index (χ3n) is 4.50. The van der Waals surface area contributed by atoms with Crippen molar-refractivity contribution in [2.45, 2.75) is 26.8 Å². The minimum absolute atomic E-state index is 0.0858. The zero-order valence-electron chi connectivity index (χ0n) is 17.5. The number of hydrogen-bond acceptors (Lipinski definition) is 6. The number of carbonyl (C=O) groups excluding carboxylic acids is 3. The average molecular weight is 424 g/mol. The first-order chi connectivity index (χ1) is 15.0. The van der Waals surface area contributed by atoms with Crippen LogP contribution >= 0.6 is 0 Å². The Labute approximate surface area is 180 Å². The highest BCUT2D eigenvalue weighted by atomic mass is 16.5. The highest BCUT2D eigenvalue weighted by molar-refractivity contribution is 6.30. The quantitative estimate of drug-likeness (QED) is 0.376. The van der Waals surface area contributed by atoms with Gasteiger partial charge in [0.25, 0.3) is 11.8 Å². The fourth-order valence-electron chi connectivity index (χ4n) is 3.21. The fourth-order valence-corrected chi connectivity index (χ4v) is 3.21. The number of hydrogen-bond donors (Lipinski definition) is 1. The number of ether oxygens (including phenoxy) is 2. The summed E-state index contributed by atoms with van der Waals surface area (Å²) in [5, 5.41) is 2.20. The Morgan fingerprint density at radius 3 is 2.58 bits per heavy atom. The number of barbiturate groups is 1. The van der Waals surface area contributed by atoms with E-state index in [9.17, 15) is 14.4 Å². The molecule has 8 nitrogen and oxygen atoms in total. The van der Waals surface area contributed by atoms with E-state index in [-0.39, 0.29) is 12.1 Å². The summed E-state index contributed by atoms with van der Waals surface area (Å²) in [6.45, 7) is 8.28. The monoisotopic (exact) mass is 424 g/mol. The van der Waals surface area contributed by atoms with E-state index < -0.39 is 17.8 Å². The molecule has 1 N–H and O–H groups in total. The third kappa shape index (κ3) is 4.85. The maximum atomic E-state index is 12.9. The van der Waals surface area contributed by atoms with Gasteiger partial charge in [0.1, 0.15) is 11.3 Å². The topological polar surface area (TPSA) is 98.1 Å². The standard InChI is InChI=1S/C23H24N2O6/c1-4-8-16-11-15(13-19(29-5-2)20(16)30-6-3)12-18-21(26)24-23(28)25(22(18)27)14-17-9-7-10-31-17/h4,7,9-13H,1,5-6,8,14H2,2-3H3,(H,24,26,28). The van der Waals surface area contributed by atoms with Crippen LogP contribution in [0.15, 0.2) is 53.2 Å². The van der Waals surface area contributed by atoms with Gasteiger partial charge in [-0.15, -0.1) is 6.58 Å². The van der Waals surface area contributed by atoms with Crippen LogP contribution in [0, 0.1) is 0 Å². The summed E-state index contributed by atoms with van der Waals surface area (Å²) >= 11 is 0. The van der Waals surface area contributed by atoms with Crippen molar-refractivity contribution in [1.82, 2.24) is 10.2 Å². The Bertz CT molecular complexity index is 1020. The summed E-state index contributed by atoms with van der Waals surface area (Å²) in [6.07, 6.45) is 5.12. The van der Waals surface area contributed by atoms with E-state index in [0.29, 0.717) is 42.5 Å². The molecule has 1 aliphatic heterocycles. The van der Waals surface area contributed by atoms with E-state index in [1.54, 1.807) is 30.3 Å². The molecule has 162 valence electrons. The van der Waals surface area contributed by atoms with E-state index in [1.807, 2.05) is 13.8 Å². The highest BCUT2D eigenvalue weighted by Crippen LogP contribution is 2.35. The van der Waals surface area contributed by atoms with Gasteiger partial charge in [-0.3, -0.25) is 19.8 Å². The van der Waals surface area contributed by atoms with Crippen LogP contribution in [0.5, 0.6) is 11.5 Å². The van der Waals surface area contributed by atoms with Gasteiger partial charge < -0.3 is 13.9 Å². The van der Waals surface area contributed by atoms with E-state index in [2.05, 4.69) is 11.9 Å². The van der Waals surface area contributed by atoms with E-state index in [0.717, 1.165) is 10.5 Å². The van der Waals surface area contributed by atoms with Gasteiger partial charge in [0.15, 0.2) is 11.5 Å². The lowest BCUT2D eigenvalue weighted by Gasteiger charge is -2.25. The molecule has 1 saturated heterocycles. The molecule has 0 aliphatic carbocycles. The second kappa shape index (κ2) is 9.80. The van der Waals surface area contributed by atoms with Crippen molar-refractivity contribution >= 4 is 23.9 Å². The minimum Gasteiger partial charge on any atom is -0.490 e. The number of nitrogens with zero attached hydrogens (tertiary/aromatic N) is 1. The number of urea groups is 1. The van der Waals surface area contributed by atoms with Crippen LogP contribution in [0.3, 0.4) is 0 Å².